The van der Waals surface area contributed by atoms with Gasteiger partial charge in [0, 0.05) is 18.9 Å². The van der Waals surface area contributed by atoms with Crippen molar-refractivity contribution in [2.75, 3.05) is 31.0 Å². The third-order valence-corrected chi connectivity index (χ3v) is 2.42. The molecule has 1 aromatic carbocycles. The molecule has 0 amide bonds. The van der Waals surface area contributed by atoms with Gasteiger partial charge in [-0.25, -0.2) is 0 Å². The van der Waals surface area contributed by atoms with Gasteiger partial charge in [0.25, 0.3) is 0 Å². The fourth-order valence-corrected chi connectivity index (χ4v) is 1.83. The van der Waals surface area contributed by atoms with Crippen LogP contribution >= 0.6 is 0 Å². The van der Waals surface area contributed by atoms with Gasteiger partial charge < -0.3 is 20.1 Å². The Morgan fingerprint density at radius 2 is 2.40 bits per heavy atom. The highest BCUT2D eigenvalue weighted by Gasteiger charge is 2.22. The molecule has 4 heteroatoms. The van der Waals surface area contributed by atoms with Gasteiger partial charge in [0.15, 0.2) is 0 Å². The Kier molecular flexibility index (Phi) is 2.68. The number of rotatable bonds is 2. The van der Waals surface area contributed by atoms with Crippen molar-refractivity contribution >= 4 is 11.4 Å². The number of benzene rings is 1. The van der Waals surface area contributed by atoms with Crippen LogP contribution in [0.1, 0.15) is 6.92 Å². The van der Waals surface area contributed by atoms with Gasteiger partial charge in [0.2, 0.25) is 0 Å². The smallest absolute Gasteiger partial charge is 0.145 e. The quantitative estimate of drug-likeness (QED) is 0.747. The molecular weight excluding hydrogens is 192 g/mol. The highest BCUT2D eigenvalue weighted by molar-refractivity contribution is 5.65. The van der Waals surface area contributed by atoms with Crippen LogP contribution < -0.4 is 15.4 Å². The minimum Gasteiger partial charge on any atom is -0.487 e. The highest BCUT2D eigenvalue weighted by Crippen LogP contribution is 2.34. The summed E-state index contributed by atoms with van der Waals surface area (Å²) in [5.41, 5.74) is 7.48. The Hall–Kier alpha value is -1.42. The molecule has 1 heterocycles. The minimum atomic E-state index is 0.162. The van der Waals surface area contributed by atoms with Gasteiger partial charge in [-0.3, -0.25) is 0 Å². The van der Waals surface area contributed by atoms with E-state index >= 15 is 0 Å². The van der Waals surface area contributed by atoms with Crippen molar-refractivity contribution in [3.05, 3.63) is 18.2 Å². The lowest BCUT2D eigenvalue weighted by molar-refractivity contribution is 0.161. The SMILES string of the molecule is COCN1CC(C)Oc2cc(N)ccc21. The van der Waals surface area contributed by atoms with Crippen molar-refractivity contribution in [3.8, 4) is 5.75 Å². The molecule has 15 heavy (non-hydrogen) atoms. The van der Waals surface area contributed by atoms with Crippen LogP contribution in [0.2, 0.25) is 0 Å². The van der Waals surface area contributed by atoms with E-state index < -0.39 is 0 Å². The van der Waals surface area contributed by atoms with Crippen LogP contribution in [0.3, 0.4) is 0 Å². The molecule has 0 spiro atoms. The topological polar surface area (TPSA) is 47.7 Å². The molecule has 0 aliphatic carbocycles. The maximum Gasteiger partial charge on any atom is 0.145 e. The number of fused-ring (bicyclic) bond motifs is 1. The molecule has 0 radical (unpaired) electrons. The number of nitrogens with zero attached hydrogens (tertiary/aromatic N) is 1. The van der Waals surface area contributed by atoms with Gasteiger partial charge >= 0.3 is 0 Å². The zero-order valence-electron chi connectivity index (χ0n) is 9.06. The zero-order valence-corrected chi connectivity index (χ0v) is 9.06. The van der Waals surface area contributed by atoms with E-state index in [4.69, 9.17) is 15.2 Å². The van der Waals surface area contributed by atoms with Crippen LogP contribution in [0.5, 0.6) is 5.75 Å². The van der Waals surface area contributed by atoms with Gasteiger partial charge in [-0.2, -0.15) is 0 Å². The maximum absolute atomic E-state index is 5.72. The normalized spacial score (nSPS) is 19.6. The molecule has 82 valence electrons. The number of anilines is 2. The summed E-state index contributed by atoms with van der Waals surface area (Å²) in [5, 5.41) is 0. The number of nitrogen functional groups attached to an aromatic ring is 1. The molecule has 1 aliphatic heterocycles. The summed E-state index contributed by atoms with van der Waals surface area (Å²) in [6.07, 6.45) is 0.162. The van der Waals surface area contributed by atoms with Gasteiger partial charge in [0.05, 0.1) is 12.2 Å². The lowest BCUT2D eigenvalue weighted by atomic mass is 10.2. The predicted octanol–water partition coefficient (Wildman–Crippen LogP) is 1.46. The summed E-state index contributed by atoms with van der Waals surface area (Å²) in [6, 6.07) is 5.70. The molecule has 1 aliphatic rings. The summed E-state index contributed by atoms with van der Waals surface area (Å²) >= 11 is 0. The standard InChI is InChI=1S/C11H16N2O2/c1-8-6-13(7-14-2)10-4-3-9(12)5-11(10)15-8/h3-5,8H,6-7,12H2,1-2H3. The largest absolute Gasteiger partial charge is 0.487 e. The zero-order chi connectivity index (χ0) is 10.8. The summed E-state index contributed by atoms with van der Waals surface area (Å²) < 4.78 is 10.9. The van der Waals surface area contributed by atoms with Crippen LogP contribution in [0.4, 0.5) is 11.4 Å². The first kappa shape index (κ1) is 10.1. The third-order valence-electron chi connectivity index (χ3n) is 2.42. The van der Waals surface area contributed by atoms with Crippen LogP contribution in [0.15, 0.2) is 18.2 Å². The van der Waals surface area contributed by atoms with E-state index in [1.54, 1.807) is 7.11 Å². The van der Waals surface area contributed by atoms with Crippen LogP contribution in [-0.4, -0.2) is 26.5 Å². The summed E-state index contributed by atoms with van der Waals surface area (Å²) in [7, 11) is 1.69. The molecule has 1 atom stereocenters. The van der Waals surface area contributed by atoms with Crippen molar-refractivity contribution in [2.24, 2.45) is 0 Å². The van der Waals surface area contributed by atoms with E-state index in [1.807, 2.05) is 25.1 Å². The van der Waals surface area contributed by atoms with Crippen molar-refractivity contribution in [3.63, 3.8) is 0 Å². The number of hydrogen-bond acceptors (Lipinski definition) is 4. The average Bonchev–Trinajstić information content (AvgIpc) is 2.17. The second kappa shape index (κ2) is 3.98. The lowest BCUT2D eigenvalue weighted by Gasteiger charge is -2.34. The Balaban J connectivity index is 2.33. The first-order valence-electron chi connectivity index (χ1n) is 5.01. The lowest BCUT2D eigenvalue weighted by Crippen LogP contribution is -2.39. The van der Waals surface area contributed by atoms with E-state index in [2.05, 4.69) is 4.90 Å². The van der Waals surface area contributed by atoms with Crippen molar-refractivity contribution in [1.29, 1.82) is 0 Å². The number of ether oxygens (including phenoxy) is 2. The van der Waals surface area contributed by atoms with E-state index in [-0.39, 0.29) is 6.10 Å². The third kappa shape index (κ3) is 1.99. The molecule has 0 bridgehead atoms. The van der Waals surface area contributed by atoms with Crippen molar-refractivity contribution < 1.29 is 9.47 Å². The Bertz CT molecular complexity index is 354. The minimum absolute atomic E-state index is 0.162. The monoisotopic (exact) mass is 208 g/mol. The predicted molar refractivity (Wildman–Crippen MR) is 60.2 cm³/mol. The first-order valence-corrected chi connectivity index (χ1v) is 5.01. The molecule has 4 nitrogen and oxygen atoms in total. The Morgan fingerprint density at radius 1 is 1.60 bits per heavy atom. The van der Waals surface area contributed by atoms with Crippen molar-refractivity contribution in [2.45, 2.75) is 13.0 Å². The molecule has 2 N–H and O–H groups in total. The van der Waals surface area contributed by atoms with Crippen LogP contribution in [0.25, 0.3) is 0 Å². The fourth-order valence-electron chi connectivity index (χ4n) is 1.83. The Morgan fingerprint density at radius 3 is 3.13 bits per heavy atom. The molecule has 0 saturated carbocycles. The van der Waals surface area contributed by atoms with Crippen molar-refractivity contribution in [1.82, 2.24) is 0 Å². The fraction of sp³-hybridized carbons (Fsp3) is 0.455. The second-order valence-electron chi connectivity index (χ2n) is 3.80. The maximum atomic E-state index is 5.72. The Labute approximate surface area is 89.6 Å². The molecule has 1 aromatic rings. The average molecular weight is 208 g/mol. The van der Waals surface area contributed by atoms with Crippen LogP contribution in [-0.2, 0) is 4.74 Å². The van der Waals surface area contributed by atoms with E-state index in [1.165, 1.54) is 0 Å². The highest BCUT2D eigenvalue weighted by atomic mass is 16.5. The second-order valence-corrected chi connectivity index (χ2v) is 3.80. The summed E-state index contributed by atoms with van der Waals surface area (Å²) in [5.74, 6) is 0.839. The number of nitrogens with two attached hydrogens (primary N) is 1. The van der Waals surface area contributed by atoms with Gasteiger partial charge in [-0.1, -0.05) is 0 Å². The van der Waals surface area contributed by atoms with Gasteiger partial charge in [0.1, 0.15) is 18.6 Å². The number of methoxy groups -OCH3 is 1. The van der Waals surface area contributed by atoms with E-state index in [0.29, 0.717) is 6.73 Å². The van der Waals surface area contributed by atoms with Gasteiger partial charge in [-0.05, 0) is 19.1 Å². The van der Waals surface area contributed by atoms with Crippen LogP contribution in [0, 0.1) is 0 Å². The van der Waals surface area contributed by atoms with E-state index in [9.17, 15) is 0 Å². The summed E-state index contributed by atoms with van der Waals surface area (Å²) in [4.78, 5) is 2.14. The first-order chi connectivity index (χ1) is 7.20. The molecule has 1 unspecified atom stereocenters. The molecule has 0 aromatic heterocycles. The molecule has 0 saturated heterocycles. The van der Waals surface area contributed by atoms with Gasteiger partial charge in [-0.15, -0.1) is 0 Å². The number of hydrogen-bond donors (Lipinski definition) is 1. The van der Waals surface area contributed by atoms with E-state index in [0.717, 1.165) is 23.7 Å². The summed E-state index contributed by atoms with van der Waals surface area (Å²) in [6.45, 7) is 3.45. The molecule has 0 fully saturated rings. The molecule has 2 rings (SSSR count). The molecular formula is C11H16N2O2.